The van der Waals surface area contributed by atoms with E-state index >= 15 is 0 Å². The molecule has 3 heteroatoms. The Balaban J connectivity index is 1.95. The first kappa shape index (κ1) is 12.5. The van der Waals surface area contributed by atoms with E-state index in [-0.39, 0.29) is 5.91 Å². The van der Waals surface area contributed by atoms with Crippen LogP contribution in [0, 0.1) is 13.8 Å². The third kappa shape index (κ3) is 2.18. The maximum atomic E-state index is 12.4. The number of fused-ring (bicyclic) bond motifs is 1. The third-order valence-electron chi connectivity index (χ3n) is 3.48. The van der Waals surface area contributed by atoms with Crippen LogP contribution in [0.3, 0.4) is 0 Å². The lowest BCUT2D eigenvalue weighted by molar-refractivity contribution is 0.102. The molecule has 100 valence electrons. The molecule has 0 aliphatic carbocycles. The normalized spacial score (nSPS) is 10.7. The fraction of sp³-hybridized carbons (Fsp3) is 0.118. The molecule has 0 radical (unpaired) electrons. The molecule has 0 unspecified atom stereocenters. The van der Waals surface area contributed by atoms with Crippen molar-refractivity contribution in [2.75, 3.05) is 5.32 Å². The van der Waals surface area contributed by atoms with Crippen LogP contribution in [-0.4, -0.2) is 10.9 Å². The molecule has 3 aromatic rings. The summed E-state index contributed by atoms with van der Waals surface area (Å²) >= 11 is 0. The van der Waals surface area contributed by atoms with Gasteiger partial charge in [-0.15, -0.1) is 0 Å². The molecule has 3 rings (SSSR count). The number of rotatable bonds is 2. The minimum absolute atomic E-state index is 0.0869. The predicted octanol–water partition coefficient (Wildman–Crippen LogP) is 4.04. The van der Waals surface area contributed by atoms with Crippen LogP contribution in [0.5, 0.6) is 0 Å². The van der Waals surface area contributed by atoms with Gasteiger partial charge in [0.15, 0.2) is 0 Å². The molecule has 20 heavy (non-hydrogen) atoms. The van der Waals surface area contributed by atoms with Crippen LogP contribution < -0.4 is 5.32 Å². The Labute approximate surface area is 117 Å². The summed E-state index contributed by atoms with van der Waals surface area (Å²) in [5, 5.41) is 3.93. The van der Waals surface area contributed by atoms with Crippen LogP contribution >= 0.6 is 0 Å². The molecule has 1 amide bonds. The van der Waals surface area contributed by atoms with E-state index in [0.29, 0.717) is 5.56 Å². The molecular formula is C17H16N2O. The fourth-order valence-electron chi connectivity index (χ4n) is 2.32. The second kappa shape index (κ2) is 4.85. The first-order chi connectivity index (χ1) is 9.65. The van der Waals surface area contributed by atoms with Gasteiger partial charge in [0.05, 0.1) is 5.56 Å². The number of carbonyl (C=O) groups excluding carboxylic acids is 1. The van der Waals surface area contributed by atoms with Gasteiger partial charge in [-0.3, -0.25) is 4.79 Å². The zero-order chi connectivity index (χ0) is 14.1. The van der Waals surface area contributed by atoms with Gasteiger partial charge in [-0.1, -0.05) is 30.3 Å². The molecule has 0 aliphatic rings. The van der Waals surface area contributed by atoms with Crippen molar-refractivity contribution in [2.24, 2.45) is 0 Å². The molecule has 3 nitrogen and oxygen atoms in total. The molecule has 1 heterocycles. The number of amides is 1. The van der Waals surface area contributed by atoms with Crippen molar-refractivity contribution in [2.45, 2.75) is 13.8 Å². The number of anilines is 1. The van der Waals surface area contributed by atoms with Crippen LogP contribution in [0.2, 0.25) is 0 Å². The molecule has 0 saturated heterocycles. The zero-order valence-corrected chi connectivity index (χ0v) is 11.5. The van der Waals surface area contributed by atoms with Gasteiger partial charge in [0, 0.05) is 22.8 Å². The molecule has 0 saturated carbocycles. The summed E-state index contributed by atoms with van der Waals surface area (Å²) in [5.41, 5.74) is 4.69. The summed E-state index contributed by atoms with van der Waals surface area (Å²) in [4.78, 5) is 15.5. The smallest absolute Gasteiger partial charge is 0.257 e. The molecule has 0 fully saturated rings. The van der Waals surface area contributed by atoms with Crippen LogP contribution in [0.15, 0.2) is 48.7 Å². The molecule has 2 aromatic carbocycles. The third-order valence-corrected chi connectivity index (χ3v) is 3.48. The number of hydrogen-bond donors (Lipinski definition) is 2. The molecule has 1 aromatic heterocycles. The van der Waals surface area contributed by atoms with Crippen LogP contribution in [0.4, 0.5) is 5.69 Å². The Morgan fingerprint density at radius 3 is 2.75 bits per heavy atom. The fourth-order valence-corrected chi connectivity index (χ4v) is 2.32. The number of aryl methyl sites for hydroxylation is 2. The minimum atomic E-state index is -0.0869. The first-order valence-corrected chi connectivity index (χ1v) is 6.60. The number of benzene rings is 2. The number of para-hydroxylation sites is 1. The predicted molar refractivity (Wildman–Crippen MR) is 82.2 cm³/mol. The lowest BCUT2D eigenvalue weighted by atomic mass is 10.1. The number of aromatic amines is 1. The van der Waals surface area contributed by atoms with Crippen LogP contribution in [0.25, 0.3) is 10.9 Å². The van der Waals surface area contributed by atoms with Crippen LogP contribution in [-0.2, 0) is 0 Å². The van der Waals surface area contributed by atoms with Gasteiger partial charge in [0.25, 0.3) is 5.91 Å². The lowest BCUT2D eigenvalue weighted by Gasteiger charge is -2.08. The second-order valence-electron chi connectivity index (χ2n) is 5.02. The summed E-state index contributed by atoms with van der Waals surface area (Å²) in [6.07, 6.45) is 1.76. The van der Waals surface area contributed by atoms with Gasteiger partial charge in [-0.2, -0.15) is 0 Å². The van der Waals surface area contributed by atoms with E-state index in [4.69, 9.17) is 0 Å². The maximum absolute atomic E-state index is 12.4. The molecule has 0 bridgehead atoms. The zero-order valence-electron chi connectivity index (χ0n) is 11.5. The van der Waals surface area contributed by atoms with Crippen LogP contribution in [0.1, 0.15) is 21.5 Å². The highest BCUT2D eigenvalue weighted by Crippen LogP contribution is 2.21. The largest absolute Gasteiger partial charge is 0.360 e. The van der Waals surface area contributed by atoms with Crippen molar-refractivity contribution in [3.05, 3.63) is 65.4 Å². The van der Waals surface area contributed by atoms with Gasteiger partial charge in [-0.05, 0) is 37.1 Å². The van der Waals surface area contributed by atoms with Crippen molar-refractivity contribution in [1.29, 1.82) is 0 Å². The SMILES string of the molecule is Cc1ccc(C)c(NC(=O)c2c[nH]c3ccccc23)c1. The Morgan fingerprint density at radius 1 is 1.10 bits per heavy atom. The van der Waals surface area contributed by atoms with Gasteiger partial charge < -0.3 is 10.3 Å². The van der Waals surface area contributed by atoms with Gasteiger partial charge >= 0.3 is 0 Å². The standard InChI is InChI=1S/C17H16N2O/c1-11-7-8-12(2)16(9-11)19-17(20)14-10-18-15-6-4-3-5-13(14)15/h3-10,18H,1-2H3,(H,19,20). The van der Waals surface area contributed by atoms with E-state index in [9.17, 15) is 4.79 Å². The Kier molecular flexibility index (Phi) is 3.03. The van der Waals surface area contributed by atoms with E-state index in [1.807, 2.05) is 56.3 Å². The first-order valence-electron chi connectivity index (χ1n) is 6.60. The summed E-state index contributed by atoms with van der Waals surface area (Å²) in [7, 11) is 0. The second-order valence-corrected chi connectivity index (χ2v) is 5.02. The Hall–Kier alpha value is -2.55. The highest BCUT2D eigenvalue weighted by molar-refractivity contribution is 6.13. The Bertz CT molecular complexity index is 787. The van der Waals surface area contributed by atoms with E-state index in [2.05, 4.69) is 10.3 Å². The number of carbonyl (C=O) groups is 1. The summed E-state index contributed by atoms with van der Waals surface area (Å²) in [5.74, 6) is -0.0869. The molecular weight excluding hydrogens is 248 g/mol. The molecule has 0 spiro atoms. The van der Waals surface area contributed by atoms with E-state index < -0.39 is 0 Å². The van der Waals surface area contributed by atoms with Crippen molar-refractivity contribution >= 4 is 22.5 Å². The van der Waals surface area contributed by atoms with Gasteiger partial charge in [-0.25, -0.2) is 0 Å². The average Bonchev–Trinajstić information content (AvgIpc) is 2.87. The van der Waals surface area contributed by atoms with Crippen molar-refractivity contribution in [3.8, 4) is 0 Å². The highest BCUT2D eigenvalue weighted by atomic mass is 16.1. The van der Waals surface area contributed by atoms with Crippen molar-refractivity contribution in [3.63, 3.8) is 0 Å². The number of aromatic nitrogens is 1. The molecule has 2 N–H and O–H groups in total. The number of hydrogen-bond acceptors (Lipinski definition) is 1. The van der Waals surface area contributed by atoms with E-state index in [0.717, 1.165) is 27.7 Å². The average molecular weight is 264 g/mol. The van der Waals surface area contributed by atoms with E-state index in [1.165, 1.54) is 0 Å². The minimum Gasteiger partial charge on any atom is -0.360 e. The summed E-state index contributed by atoms with van der Waals surface area (Å²) in [6, 6.07) is 13.8. The van der Waals surface area contributed by atoms with Gasteiger partial charge in [0.1, 0.15) is 0 Å². The molecule has 0 aliphatic heterocycles. The van der Waals surface area contributed by atoms with Crippen molar-refractivity contribution < 1.29 is 4.79 Å². The summed E-state index contributed by atoms with van der Waals surface area (Å²) in [6.45, 7) is 4.01. The van der Waals surface area contributed by atoms with Gasteiger partial charge in [0.2, 0.25) is 0 Å². The van der Waals surface area contributed by atoms with Crippen molar-refractivity contribution in [1.82, 2.24) is 4.98 Å². The highest BCUT2D eigenvalue weighted by Gasteiger charge is 2.12. The quantitative estimate of drug-likeness (QED) is 0.721. The monoisotopic (exact) mass is 264 g/mol. The Morgan fingerprint density at radius 2 is 1.90 bits per heavy atom. The molecule has 0 atom stereocenters. The lowest BCUT2D eigenvalue weighted by Crippen LogP contribution is -2.12. The topological polar surface area (TPSA) is 44.9 Å². The van der Waals surface area contributed by atoms with E-state index in [1.54, 1.807) is 6.20 Å². The number of H-pyrrole nitrogens is 1. The summed E-state index contributed by atoms with van der Waals surface area (Å²) < 4.78 is 0. The number of nitrogens with one attached hydrogen (secondary N) is 2. The maximum Gasteiger partial charge on any atom is 0.257 e.